The lowest BCUT2D eigenvalue weighted by atomic mass is 10.2. The number of likely N-dealkylation sites (N-methyl/N-ethyl adjacent to an activating group) is 1. The number of phenols is 1. The van der Waals surface area contributed by atoms with E-state index in [9.17, 15) is 9.59 Å². The molecule has 0 aromatic heterocycles. The van der Waals surface area contributed by atoms with Gasteiger partial charge >= 0.3 is 0 Å². The summed E-state index contributed by atoms with van der Waals surface area (Å²) in [4.78, 5) is 26.3. The zero-order valence-corrected chi connectivity index (χ0v) is 15.9. The number of aliphatic hydroxyl groups excluding tert-OH is 1. The normalized spacial score (nSPS) is 14.5. The number of carbonyl (C=O) groups is 2. The van der Waals surface area contributed by atoms with Crippen molar-refractivity contribution in [2.45, 2.75) is 32.2 Å². The molecule has 0 spiro atoms. The molecular formula is C17H24Cl2N2O4. The summed E-state index contributed by atoms with van der Waals surface area (Å²) < 4.78 is 0. The van der Waals surface area contributed by atoms with E-state index < -0.39 is 6.61 Å². The molecule has 2 amide bonds. The lowest BCUT2D eigenvalue weighted by molar-refractivity contribution is -0.137. The molecule has 25 heavy (non-hydrogen) atoms. The van der Waals surface area contributed by atoms with Crippen LogP contribution in [0.25, 0.3) is 0 Å². The molecule has 1 heterocycles. The second-order valence-corrected chi connectivity index (χ2v) is 6.72. The molecule has 2 rings (SSSR count). The van der Waals surface area contributed by atoms with E-state index in [1.807, 2.05) is 11.8 Å². The molecule has 1 fully saturated rings. The minimum Gasteiger partial charge on any atom is -0.508 e. The molecule has 0 saturated carbocycles. The number of nitrogens with zero attached hydrogens (tertiary/aromatic N) is 2. The predicted octanol–water partition coefficient (Wildman–Crippen LogP) is 2.54. The van der Waals surface area contributed by atoms with E-state index in [-0.39, 0.29) is 23.6 Å². The van der Waals surface area contributed by atoms with Gasteiger partial charge in [0.15, 0.2) is 0 Å². The number of likely N-dealkylation sites (tertiary alicyclic amines) is 1. The number of rotatable bonds is 4. The fourth-order valence-corrected chi connectivity index (χ4v) is 2.62. The molecule has 6 nitrogen and oxygen atoms in total. The maximum atomic E-state index is 11.8. The average molecular weight is 391 g/mol. The van der Waals surface area contributed by atoms with Crippen LogP contribution >= 0.6 is 23.2 Å². The third-order valence-electron chi connectivity index (χ3n) is 4.02. The van der Waals surface area contributed by atoms with Gasteiger partial charge in [-0.1, -0.05) is 23.2 Å². The molecule has 2 N–H and O–H groups in total. The van der Waals surface area contributed by atoms with Gasteiger partial charge in [0.2, 0.25) is 11.8 Å². The molecular weight excluding hydrogens is 367 g/mol. The Morgan fingerprint density at radius 2 is 1.84 bits per heavy atom. The van der Waals surface area contributed by atoms with E-state index in [1.54, 1.807) is 13.1 Å². The Kier molecular flexibility index (Phi) is 9.03. The Labute approximate surface area is 157 Å². The van der Waals surface area contributed by atoms with E-state index in [0.29, 0.717) is 16.5 Å². The summed E-state index contributed by atoms with van der Waals surface area (Å²) in [5, 5.41) is 18.3. The van der Waals surface area contributed by atoms with Gasteiger partial charge in [0.05, 0.1) is 10.0 Å². The third-order valence-corrected chi connectivity index (χ3v) is 4.76. The Morgan fingerprint density at radius 3 is 2.32 bits per heavy atom. The van der Waals surface area contributed by atoms with Gasteiger partial charge in [-0.2, -0.15) is 0 Å². The predicted molar refractivity (Wildman–Crippen MR) is 97.9 cm³/mol. The summed E-state index contributed by atoms with van der Waals surface area (Å²) in [5.74, 6) is -0.117. The van der Waals surface area contributed by atoms with Crippen LogP contribution in [0, 0.1) is 0 Å². The first-order chi connectivity index (χ1) is 11.8. The Balaban J connectivity index is 0.000000293. The number of aliphatic hydroxyl groups is 1. The van der Waals surface area contributed by atoms with Crippen molar-refractivity contribution < 1.29 is 19.8 Å². The van der Waals surface area contributed by atoms with Crippen LogP contribution in [0.2, 0.25) is 10.0 Å². The van der Waals surface area contributed by atoms with Crippen molar-refractivity contribution in [2.75, 3.05) is 26.7 Å². The third kappa shape index (κ3) is 7.10. The van der Waals surface area contributed by atoms with Crippen molar-refractivity contribution in [1.82, 2.24) is 9.80 Å². The summed E-state index contributed by atoms with van der Waals surface area (Å²) in [5.41, 5.74) is 0. The van der Waals surface area contributed by atoms with E-state index in [4.69, 9.17) is 33.4 Å². The van der Waals surface area contributed by atoms with Crippen molar-refractivity contribution in [2.24, 2.45) is 0 Å². The quantitative estimate of drug-likeness (QED) is 0.827. The molecule has 0 bridgehead atoms. The standard InChI is InChI=1S/C11H20N2O3.C6H4Cl2O/c1-9(12(2)11(16)8-14)7-10(15)13-5-3-4-6-13;7-5-2-1-4(9)3-6(5)8/h9,14H,3-8H2,1-2H3;1-3,9H. The number of carbonyl (C=O) groups excluding carboxylic acids is 2. The van der Waals surface area contributed by atoms with Gasteiger partial charge < -0.3 is 20.0 Å². The highest BCUT2D eigenvalue weighted by Gasteiger charge is 2.23. The van der Waals surface area contributed by atoms with Gasteiger partial charge in [-0.15, -0.1) is 0 Å². The first-order valence-electron chi connectivity index (χ1n) is 8.04. The lowest BCUT2D eigenvalue weighted by Gasteiger charge is -2.25. The van der Waals surface area contributed by atoms with Crippen LogP contribution in [0.3, 0.4) is 0 Å². The topological polar surface area (TPSA) is 81.1 Å². The Morgan fingerprint density at radius 1 is 1.24 bits per heavy atom. The number of benzene rings is 1. The highest BCUT2D eigenvalue weighted by Crippen LogP contribution is 2.25. The van der Waals surface area contributed by atoms with Crippen LogP contribution in [-0.4, -0.2) is 64.6 Å². The van der Waals surface area contributed by atoms with Gasteiger partial charge in [0, 0.05) is 32.6 Å². The summed E-state index contributed by atoms with van der Waals surface area (Å²) >= 11 is 11.1. The maximum absolute atomic E-state index is 11.8. The monoisotopic (exact) mass is 390 g/mol. The van der Waals surface area contributed by atoms with Crippen LogP contribution < -0.4 is 0 Å². The summed E-state index contributed by atoms with van der Waals surface area (Å²) in [6, 6.07) is 4.25. The number of hydrogen-bond donors (Lipinski definition) is 2. The Hall–Kier alpha value is -1.50. The highest BCUT2D eigenvalue weighted by atomic mass is 35.5. The average Bonchev–Trinajstić information content (AvgIpc) is 3.12. The lowest BCUT2D eigenvalue weighted by Crippen LogP contribution is -2.40. The number of halogens is 2. The van der Waals surface area contributed by atoms with Crippen LogP contribution in [-0.2, 0) is 9.59 Å². The summed E-state index contributed by atoms with van der Waals surface area (Å²) in [6.07, 6.45) is 2.49. The van der Waals surface area contributed by atoms with Crippen molar-refractivity contribution in [3.05, 3.63) is 28.2 Å². The summed E-state index contributed by atoms with van der Waals surface area (Å²) in [6.45, 7) is 2.99. The van der Waals surface area contributed by atoms with Crippen LogP contribution in [0.5, 0.6) is 5.75 Å². The fourth-order valence-electron chi connectivity index (χ4n) is 2.33. The van der Waals surface area contributed by atoms with Crippen molar-refractivity contribution >= 4 is 35.0 Å². The first kappa shape index (κ1) is 21.5. The van der Waals surface area contributed by atoms with E-state index >= 15 is 0 Å². The van der Waals surface area contributed by atoms with Crippen LogP contribution in [0.1, 0.15) is 26.2 Å². The number of phenolic OH excluding ortho intramolecular Hbond substituents is 1. The molecule has 0 radical (unpaired) electrons. The second-order valence-electron chi connectivity index (χ2n) is 5.90. The van der Waals surface area contributed by atoms with Crippen molar-refractivity contribution in [3.8, 4) is 5.75 Å². The SMILES string of the molecule is CC(CC(=O)N1CCCC1)N(C)C(=O)CO.Oc1ccc(Cl)c(Cl)c1. The van der Waals surface area contributed by atoms with Gasteiger partial charge in [0.25, 0.3) is 0 Å². The maximum Gasteiger partial charge on any atom is 0.248 e. The molecule has 1 aliphatic rings. The molecule has 8 heteroatoms. The molecule has 1 atom stereocenters. The smallest absolute Gasteiger partial charge is 0.248 e. The minimum absolute atomic E-state index is 0.0996. The van der Waals surface area contributed by atoms with E-state index in [2.05, 4.69) is 0 Å². The Bertz CT molecular complexity index is 592. The van der Waals surface area contributed by atoms with Crippen molar-refractivity contribution in [3.63, 3.8) is 0 Å². The van der Waals surface area contributed by atoms with Crippen LogP contribution in [0.15, 0.2) is 18.2 Å². The fraction of sp³-hybridized carbons (Fsp3) is 0.529. The van der Waals surface area contributed by atoms with Gasteiger partial charge in [-0.3, -0.25) is 9.59 Å². The van der Waals surface area contributed by atoms with E-state index in [0.717, 1.165) is 25.9 Å². The van der Waals surface area contributed by atoms with Gasteiger partial charge in [0.1, 0.15) is 12.4 Å². The van der Waals surface area contributed by atoms with Crippen molar-refractivity contribution in [1.29, 1.82) is 0 Å². The molecule has 1 aliphatic heterocycles. The van der Waals surface area contributed by atoms with Crippen LogP contribution in [0.4, 0.5) is 0 Å². The zero-order valence-electron chi connectivity index (χ0n) is 14.4. The largest absolute Gasteiger partial charge is 0.508 e. The molecule has 1 aromatic rings. The molecule has 1 saturated heterocycles. The number of amides is 2. The van der Waals surface area contributed by atoms with Gasteiger partial charge in [-0.05, 0) is 38.0 Å². The molecule has 1 aromatic carbocycles. The second kappa shape index (κ2) is 10.5. The van der Waals surface area contributed by atoms with E-state index in [1.165, 1.54) is 17.0 Å². The first-order valence-corrected chi connectivity index (χ1v) is 8.80. The highest BCUT2D eigenvalue weighted by molar-refractivity contribution is 6.42. The number of aromatic hydroxyl groups is 1. The molecule has 140 valence electrons. The van der Waals surface area contributed by atoms with Gasteiger partial charge in [-0.25, -0.2) is 0 Å². The number of hydrogen-bond acceptors (Lipinski definition) is 4. The summed E-state index contributed by atoms with van der Waals surface area (Å²) in [7, 11) is 1.61. The molecule has 0 aliphatic carbocycles. The molecule has 1 unspecified atom stereocenters. The minimum atomic E-state index is -0.501. The zero-order chi connectivity index (χ0) is 19.0.